The summed E-state index contributed by atoms with van der Waals surface area (Å²) in [6, 6.07) is 7.27. The first kappa shape index (κ1) is 27.1. The average molecular weight is 456 g/mol. The highest BCUT2D eigenvalue weighted by atomic mass is 32.2. The highest BCUT2D eigenvalue weighted by molar-refractivity contribution is 7.99. The first-order valence-corrected chi connectivity index (χ1v) is 12.1. The van der Waals surface area contributed by atoms with E-state index in [2.05, 4.69) is 6.92 Å². The second kappa shape index (κ2) is 15.8. The number of benzene rings is 1. The van der Waals surface area contributed by atoms with Crippen LogP contribution in [0.15, 0.2) is 24.3 Å². The van der Waals surface area contributed by atoms with Gasteiger partial charge in [0, 0.05) is 25.3 Å². The Bertz CT molecular complexity index is 637. The van der Waals surface area contributed by atoms with Gasteiger partial charge in [-0.3, -0.25) is 0 Å². The number of nitrogens with zero attached hydrogens (tertiary/aromatic N) is 1. The van der Waals surface area contributed by atoms with Crippen molar-refractivity contribution in [2.75, 3.05) is 37.8 Å². The predicted octanol–water partition coefficient (Wildman–Crippen LogP) is 4.48. The number of carbonyl (C=O) groups is 2. The number of hydrogen-bond acceptors (Lipinski definition) is 6. The van der Waals surface area contributed by atoms with Crippen LogP contribution >= 0.6 is 11.8 Å². The molecule has 0 bridgehead atoms. The minimum absolute atomic E-state index is 0.164. The lowest BCUT2D eigenvalue weighted by Crippen LogP contribution is -2.38. The summed E-state index contributed by atoms with van der Waals surface area (Å²) in [5.41, 5.74) is 0.861. The van der Waals surface area contributed by atoms with Gasteiger partial charge in [-0.2, -0.15) is 11.8 Å². The minimum atomic E-state index is -0.969. The van der Waals surface area contributed by atoms with Gasteiger partial charge in [-0.25, -0.2) is 9.59 Å². The Morgan fingerprint density at radius 3 is 2.39 bits per heavy atom. The summed E-state index contributed by atoms with van der Waals surface area (Å²) in [5.74, 6) is 1.66. The van der Waals surface area contributed by atoms with E-state index in [0.717, 1.165) is 17.1 Å². The summed E-state index contributed by atoms with van der Waals surface area (Å²) in [7, 11) is 0. The van der Waals surface area contributed by atoms with Crippen molar-refractivity contribution in [3.63, 3.8) is 0 Å². The number of rotatable bonds is 16. The number of unbranched alkanes of at least 4 members (excludes halogenated alkanes) is 1. The van der Waals surface area contributed by atoms with Crippen LogP contribution in [-0.2, 0) is 20.7 Å². The molecule has 0 heterocycles. The number of thioether (sulfide) groups is 1. The molecule has 0 spiro atoms. The average Bonchev–Trinajstić information content (AvgIpc) is 2.72. The van der Waals surface area contributed by atoms with E-state index in [4.69, 9.17) is 14.2 Å². The largest absolute Gasteiger partial charge is 0.492 e. The molecule has 0 aliphatic carbocycles. The van der Waals surface area contributed by atoms with Gasteiger partial charge in [-0.1, -0.05) is 25.5 Å². The quantitative estimate of drug-likeness (QED) is 0.368. The molecule has 0 saturated heterocycles. The van der Waals surface area contributed by atoms with Crippen molar-refractivity contribution in [2.24, 2.45) is 0 Å². The van der Waals surface area contributed by atoms with E-state index in [0.29, 0.717) is 38.5 Å². The van der Waals surface area contributed by atoms with Crippen LogP contribution in [0.3, 0.4) is 0 Å². The number of carboxylic acids is 1. The molecule has 7 nitrogen and oxygen atoms in total. The Hall–Kier alpha value is -1.93. The Labute approximate surface area is 190 Å². The van der Waals surface area contributed by atoms with Gasteiger partial charge in [0.25, 0.3) is 0 Å². The summed E-state index contributed by atoms with van der Waals surface area (Å²) in [5, 5.41) is 9.20. The lowest BCUT2D eigenvalue weighted by molar-refractivity contribution is -0.149. The van der Waals surface area contributed by atoms with Crippen LogP contribution in [0.2, 0.25) is 0 Å². The smallest absolute Gasteiger partial charge is 0.410 e. The Kier molecular flexibility index (Phi) is 13.8. The van der Waals surface area contributed by atoms with Gasteiger partial charge in [0.15, 0.2) is 6.10 Å². The van der Waals surface area contributed by atoms with Crippen LogP contribution in [0.25, 0.3) is 0 Å². The summed E-state index contributed by atoms with van der Waals surface area (Å²) in [6.45, 7) is 9.38. The van der Waals surface area contributed by atoms with Crippen LogP contribution in [0.1, 0.15) is 46.1 Å². The van der Waals surface area contributed by atoms with Crippen LogP contribution in [0.4, 0.5) is 4.79 Å². The molecule has 1 aromatic rings. The summed E-state index contributed by atoms with van der Waals surface area (Å²) in [4.78, 5) is 25.3. The first-order chi connectivity index (χ1) is 14.9. The molecule has 0 aromatic heterocycles. The minimum Gasteiger partial charge on any atom is -0.492 e. The second-order valence-corrected chi connectivity index (χ2v) is 8.59. The molecule has 0 aliphatic heterocycles. The van der Waals surface area contributed by atoms with Gasteiger partial charge in [-0.05, 0) is 50.6 Å². The molecule has 1 atom stereocenters. The van der Waals surface area contributed by atoms with E-state index in [1.54, 1.807) is 24.0 Å². The third-order valence-corrected chi connectivity index (χ3v) is 5.41. The van der Waals surface area contributed by atoms with Crippen molar-refractivity contribution >= 4 is 23.8 Å². The first-order valence-electron chi connectivity index (χ1n) is 11.0. The van der Waals surface area contributed by atoms with Gasteiger partial charge >= 0.3 is 12.1 Å². The highest BCUT2D eigenvalue weighted by Gasteiger charge is 2.18. The zero-order valence-corrected chi connectivity index (χ0v) is 20.0. The summed E-state index contributed by atoms with van der Waals surface area (Å²) in [6.07, 6.45) is 1.31. The highest BCUT2D eigenvalue weighted by Crippen LogP contribution is 2.15. The van der Waals surface area contributed by atoms with Gasteiger partial charge in [0.1, 0.15) is 12.4 Å². The van der Waals surface area contributed by atoms with Crippen molar-refractivity contribution in [3.8, 4) is 5.75 Å². The monoisotopic (exact) mass is 455 g/mol. The van der Waals surface area contributed by atoms with Crippen molar-refractivity contribution in [1.82, 2.24) is 4.90 Å². The second-order valence-electron chi connectivity index (χ2n) is 7.36. The van der Waals surface area contributed by atoms with E-state index >= 15 is 0 Å². The Morgan fingerprint density at radius 2 is 1.81 bits per heavy atom. The fourth-order valence-electron chi connectivity index (χ4n) is 2.72. The van der Waals surface area contributed by atoms with Crippen LogP contribution in [0.5, 0.6) is 5.75 Å². The van der Waals surface area contributed by atoms with Crippen LogP contribution < -0.4 is 4.74 Å². The number of carbonyl (C=O) groups excluding carboxylic acids is 1. The molecule has 176 valence electrons. The maximum Gasteiger partial charge on any atom is 0.410 e. The number of hydrogen-bond donors (Lipinski definition) is 1. The SMILES string of the molecule is CCCCSCCN(CCOc1ccc(CC(OCC)C(=O)O)cc1)C(=O)OC(C)C. The summed E-state index contributed by atoms with van der Waals surface area (Å²) < 4.78 is 16.4. The van der Waals surface area contributed by atoms with Gasteiger partial charge < -0.3 is 24.2 Å². The fraction of sp³-hybridized carbons (Fsp3) is 0.652. The Balaban J connectivity index is 2.53. The van der Waals surface area contributed by atoms with Crippen molar-refractivity contribution in [2.45, 2.75) is 59.2 Å². The van der Waals surface area contributed by atoms with Crippen LogP contribution in [0, 0.1) is 0 Å². The molecule has 8 heteroatoms. The number of amides is 1. The number of carboxylic acid groups (broad SMARTS) is 1. The third kappa shape index (κ3) is 11.9. The molecule has 1 unspecified atom stereocenters. The molecule has 1 rings (SSSR count). The fourth-order valence-corrected chi connectivity index (χ4v) is 3.77. The van der Waals surface area contributed by atoms with Crippen molar-refractivity contribution in [3.05, 3.63) is 29.8 Å². The molecule has 1 amide bonds. The topological polar surface area (TPSA) is 85.3 Å². The molecule has 0 fully saturated rings. The van der Waals surface area contributed by atoms with E-state index in [-0.39, 0.29) is 12.2 Å². The van der Waals surface area contributed by atoms with Crippen molar-refractivity contribution in [1.29, 1.82) is 0 Å². The molecule has 1 N–H and O–H groups in total. The normalized spacial score (nSPS) is 11.9. The summed E-state index contributed by atoms with van der Waals surface area (Å²) >= 11 is 1.84. The lowest BCUT2D eigenvalue weighted by atomic mass is 10.1. The third-order valence-electron chi connectivity index (χ3n) is 4.36. The van der Waals surface area contributed by atoms with Gasteiger partial charge in [0.2, 0.25) is 0 Å². The lowest BCUT2D eigenvalue weighted by Gasteiger charge is -2.23. The number of aliphatic carboxylic acids is 1. The molecular formula is C23H37NO6S. The van der Waals surface area contributed by atoms with Crippen molar-refractivity contribution < 1.29 is 28.9 Å². The maximum atomic E-state index is 12.4. The predicted molar refractivity (Wildman–Crippen MR) is 124 cm³/mol. The van der Waals surface area contributed by atoms with E-state index in [1.807, 2.05) is 37.7 Å². The van der Waals surface area contributed by atoms with E-state index in [1.165, 1.54) is 12.8 Å². The standard InChI is InChI=1S/C23H37NO6S/c1-5-7-15-31-16-13-24(23(27)30-18(3)4)12-14-29-20-10-8-19(9-11-20)17-21(22(25)26)28-6-2/h8-11,18,21H,5-7,12-17H2,1-4H3,(H,25,26). The van der Waals surface area contributed by atoms with Gasteiger partial charge in [0.05, 0.1) is 12.6 Å². The van der Waals surface area contributed by atoms with E-state index < -0.39 is 12.1 Å². The van der Waals surface area contributed by atoms with Gasteiger partial charge in [-0.15, -0.1) is 0 Å². The maximum absolute atomic E-state index is 12.4. The zero-order chi connectivity index (χ0) is 23.1. The molecule has 0 aliphatic rings. The number of ether oxygens (including phenoxy) is 3. The van der Waals surface area contributed by atoms with E-state index in [9.17, 15) is 14.7 Å². The Morgan fingerprint density at radius 1 is 1.10 bits per heavy atom. The molecular weight excluding hydrogens is 418 g/mol. The molecule has 0 radical (unpaired) electrons. The zero-order valence-electron chi connectivity index (χ0n) is 19.2. The molecule has 0 saturated carbocycles. The molecule has 1 aromatic carbocycles. The molecule has 31 heavy (non-hydrogen) atoms. The van der Waals surface area contributed by atoms with Crippen LogP contribution in [-0.4, -0.2) is 72.1 Å².